The summed E-state index contributed by atoms with van der Waals surface area (Å²) in [7, 11) is 0. The van der Waals surface area contributed by atoms with E-state index in [1.807, 2.05) is 13.8 Å². The van der Waals surface area contributed by atoms with Crippen LogP contribution in [0.25, 0.3) is 0 Å². The van der Waals surface area contributed by atoms with Gasteiger partial charge in [-0.15, -0.1) is 0 Å². The topological polar surface area (TPSA) is 50.4 Å². The third-order valence-corrected chi connectivity index (χ3v) is 2.67. The summed E-state index contributed by atoms with van der Waals surface area (Å²) in [5, 5.41) is 6.00. The van der Waals surface area contributed by atoms with Gasteiger partial charge in [0.2, 0.25) is 5.91 Å². The lowest BCUT2D eigenvalue weighted by molar-refractivity contribution is -0.120. The molecular weight excluding hydrogens is 266 g/mol. The maximum atomic E-state index is 12.0. The number of carbonyl (C=O) groups is 1. The smallest absolute Gasteiger partial charge is 0.387 e. The molecule has 0 heterocycles. The molecule has 4 nitrogen and oxygen atoms in total. The number of benzene rings is 1. The van der Waals surface area contributed by atoms with Crippen molar-refractivity contribution in [1.29, 1.82) is 0 Å². The van der Waals surface area contributed by atoms with Crippen LogP contribution >= 0.6 is 0 Å². The Hall–Kier alpha value is -1.69. The Kier molecular flexibility index (Phi) is 6.93. The van der Waals surface area contributed by atoms with Crippen LogP contribution in [0.2, 0.25) is 0 Å². The molecule has 6 heteroatoms. The molecule has 1 rings (SSSR count). The fraction of sp³-hybridized carbons (Fsp3) is 0.500. The molecule has 0 aromatic heterocycles. The summed E-state index contributed by atoms with van der Waals surface area (Å²) in [4.78, 5) is 11.7. The van der Waals surface area contributed by atoms with E-state index in [0.717, 1.165) is 12.1 Å². The number of halogens is 2. The van der Waals surface area contributed by atoms with Crippen LogP contribution in [0.15, 0.2) is 24.3 Å². The number of hydrogen-bond donors (Lipinski definition) is 2. The molecule has 0 radical (unpaired) electrons. The second-order valence-corrected chi connectivity index (χ2v) is 4.46. The summed E-state index contributed by atoms with van der Waals surface area (Å²) in [5.74, 6) is -0.0118. The summed E-state index contributed by atoms with van der Waals surface area (Å²) < 4.78 is 28.2. The molecule has 0 spiro atoms. The summed E-state index contributed by atoms with van der Waals surface area (Å²) in [5.41, 5.74) is 0.750. The summed E-state index contributed by atoms with van der Waals surface area (Å²) in [6.45, 7) is 2.56. The van der Waals surface area contributed by atoms with Crippen molar-refractivity contribution in [2.45, 2.75) is 32.9 Å². The average Bonchev–Trinajstić information content (AvgIpc) is 2.38. The van der Waals surface area contributed by atoms with Crippen LogP contribution in [-0.4, -0.2) is 31.7 Å². The molecule has 20 heavy (non-hydrogen) atoms. The van der Waals surface area contributed by atoms with Crippen LogP contribution in [0, 0.1) is 0 Å². The highest BCUT2D eigenvalue weighted by Crippen LogP contribution is 2.15. The molecule has 1 aromatic carbocycles. The van der Waals surface area contributed by atoms with E-state index in [9.17, 15) is 13.6 Å². The van der Waals surface area contributed by atoms with Crippen molar-refractivity contribution in [3.8, 4) is 5.75 Å². The fourth-order valence-corrected chi connectivity index (χ4v) is 1.72. The minimum atomic E-state index is -2.84. The maximum Gasteiger partial charge on any atom is 0.387 e. The minimum absolute atomic E-state index is 0.0879. The molecule has 112 valence electrons. The first kappa shape index (κ1) is 16.4. The quantitative estimate of drug-likeness (QED) is 0.768. The highest BCUT2D eigenvalue weighted by atomic mass is 19.3. The summed E-state index contributed by atoms with van der Waals surface area (Å²) >= 11 is 0. The number of carbonyl (C=O) groups excluding carboxylic acids is 1. The molecule has 1 amide bonds. The molecule has 1 atom stereocenters. The fourth-order valence-electron chi connectivity index (χ4n) is 1.72. The monoisotopic (exact) mass is 286 g/mol. The number of likely N-dealkylation sites (N-methyl/N-ethyl adjacent to an activating group) is 1. The maximum absolute atomic E-state index is 12.0. The van der Waals surface area contributed by atoms with E-state index < -0.39 is 6.61 Å². The van der Waals surface area contributed by atoms with E-state index in [2.05, 4.69) is 15.4 Å². The highest BCUT2D eigenvalue weighted by Gasteiger charge is 2.07. The van der Waals surface area contributed by atoms with Crippen LogP contribution < -0.4 is 15.4 Å². The Morgan fingerprint density at radius 1 is 1.30 bits per heavy atom. The molecule has 0 aliphatic carbocycles. The lowest BCUT2D eigenvalue weighted by Crippen LogP contribution is -2.39. The second kappa shape index (κ2) is 8.47. The molecule has 0 saturated heterocycles. The summed E-state index contributed by atoms with van der Waals surface area (Å²) in [6, 6.07) is 6.27. The Bertz CT molecular complexity index is 410. The van der Waals surface area contributed by atoms with Gasteiger partial charge in [-0.1, -0.05) is 19.1 Å². The lowest BCUT2D eigenvalue weighted by atomic mass is 10.1. The highest BCUT2D eigenvalue weighted by molar-refractivity contribution is 5.78. The summed E-state index contributed by atoms with van der Waals surface area (Å²) in [6.07, 6.45) is 0.216. The number of nitrogens with one attached hydrogen (secondary N) is 2. The van der Waals surface area contributed by atoms with Gasteiger partial charge in [0.05, 0.1) is 6.42 Å². The molecule has 0 aliphatic rings. The molecule has 0 aliphatic heterocycles. The van der Waals surface area contributed by atoms with E-state index in [1.165, 1.54) is 12.1 Å². The van der Waals surface area contributed by atoms with Gasteiger partial charge in [0.15, 0.2) is 0 Å². The SMILES string of the molecule is CCN[C@H](C)CNC(=O)Cc1ccc(OC(F)F)cc1. The second-order valence-electron chi connectivity index (χ2n) is 4.46. The van der Waals surface area contributed by atoms with E-state index in [0.29, 0.717) is 6.54 Å². The van der Waals surface area contributed by atoms with Crippen molar-refractivity contribution in [3.63, 3.8) is 0 Å². The van der Waals surface area contributed by atoms with Crippen LogP contribution in [0.3, 0.4) is 0 Å². The van der Waals surface area contributed by atoms with Gasteiger partial charge in [-0.3, -0.25) is 4.79 Å². The van der Waals surface area contributed by atoms with Crippen molar-refractivity contribution in [2.75, 3.05) is 13.1 Å². The largest absolute Gasteiger partial charge is 0.435 e. The minimum Gasteiger partial charge on any atom is -0.435 e. The van der Waals surface area contributed by atoms with Crippen LogP contribution in [0.1, 0.15) is 19.4 Å². The third kappa shape index (κ3) is 6.47. The van der Waals surface area contributed by atoms with Crippen molar-refractivity contribution in [1.82, 2.24) is 10.6 Å². The number of ether oxygens (including phenoxy) is 1. The molecule has 1 aromatic rings. The van der Waals surface area contributed by atoms with Gasteiger partial charge in [-0.2, -0.15) is 8.78 Å². The zero-order chi connectivity index (χ0) is 15.0. The number of rotatable bonds is 8. The molecule has 0 bridgehead atoms. The van der Waals surface area contributed by atoms with Crippen LogP contribution in [-0.2, 0) is 11.2 Å². The van der Waals surface area contributed by atoms with E-state index in [1.54, 1.807) is 12.1 Å². The van der Waals surface area contributed by atoms with Gasteiger partial charge in [0.1, 0.15) is 5.75 Å². The Labute approximate surface area is 117 Å². The Balaban J connectivity index is 2.38. The average molecular weight is 286 g/mol. The van der Waals surface area contributed by atoms with Crippen LogP contribution in [0.5, 0.6) is 5.75 Å². The van der Waals surface area contributed by atoms with Gasteiger partial charge >= 0.3 is 6.61 Å². The van der Waals surface area contributed by atoms with Gasteiger partial charge < -0.3 is 15.4 Å². The molecule has 0 saturated carbocycles. The first-order chi connectivity index (χ1) is 9.51. The van der Waals surface area contributed by atoms with Crippen molar-refractivity contribution in [2.24, 2.45) is 0 Å². The predicted molar refractivity (Wildman–Crippen MR) is 72.9 cm³/mol. The van der Waals surface area contributed by atoms with Crippen molar-refractivity contribution >= 4 is 5.91 Å². The van der Waals surface area contributed by atoms with Gasteiger partial charge in [-0.05, 0) is 31.2 Å². The molecule has 0 fully saturated rings. The molecular formula is C14H20F2N2O2. The van der Waals surface area contributed by atoms with Gasteiger partial charge in [-0.25, -0.2) is 0 Å². The van der Waals surface area contributed by atoms with Crippen molar-refractivity contribution < 1.29 is 18.3 Å². The third-order valence-electron chi connectivity index (χ3n) is 2.67. The van der Waals surface area contributed by atoms with Crippen LogP contribution in [0.4, 0.5) is 8.78 Å². The standard InChI is InChI=1S/C14H20F2N2O2/c1-3-17-10(2)9-18-13(19)8-11-4-6-12(7-5-11)20-14(15)16/h4-7,10,14,17H,3,8-9H2,1-2H3,(H,18,19)/t10-/m1/s1. The Morgan fingerprint density at radius 2 is 1.95 bits per heavy atom. The van der Waals surface area contributed by atoms with Gasteiger partial charge in [0, 0.05) is 12.6 Å². The predicted octanol–water partition coefficient (Wildman–Crippen LogP) is 1.94. The van der Waals surface area contributed by atoms with E-state index in [-0.39, 0.29) is 24.1 Å². The Morgan fingerprint density at radius 3 is 2.50 bits per heavy atom. The number of alkyl halides is 2. The molecule has 2 N–H and O–H groups in total. The molecule has 0 unspecified atom stereocenters. The normalized spacial score (nSPS) is 12.2. The number of hydrogen-bond acceptors (Lipinski definition) is 3. The van der Waals surface area contributed by atoms with Crippen molar-refractivity contribution in [3.05, 3.63) is 29.8 Å². The number of amides is 1. The van der Waals surface area contributed by atoms with E-state index >= 15 is 0 Å². The van der Waals surface area contributed by atoms with E-state index in [4.69, 9.17) is 0 Å². The zero-order valence-corrected chi connectivity index (χ0v) is 11.7. The van der Waals surface area contributed by atoms with Gasteiger partial charge in [0.25, 0.3) is 0 Å². The first-order valence-electron chi connectivity index (χ1n) is 6.55. The first-order valence-corrected chi connectivity index (χ1v) is 6.55. The zero-order valence-electron chi connectivity index (χ0n) is 11.7. The lowest BCUT2D eigenvalue weighted by Gasteiger charge is -2.13.